The van der Waals surface area contributed by atoms with E-state index in [0.29, 0.717) is 26.1 Å². The van der Waals surface area contributed by atoms with Crippen LogP contribution in [0.5, 0.6) is 11.5 Å². The van der Waals surface area contributed by atoms with Crippen LogP contribution in [0.1, 0.15) is 88.7 Å². The summed E-state index contributed by atoms with van der Waals surface area (Å²) >= 11 is 0. The van der Waals surface area contributed by atoms with Gasteiger partial charge in [-0.25, -0.2) is 4.98 Å². The average Bonchev–Trinajstić information content (AvgIpc) is 3.92. The van der Waals surface area contributed by atoms with Crippen molar-refractivity contribution in [3.05, 3.63) is 199 Å². The van der Waals surface area contributed by atoms with Gasteiger partial charge in [-0.15, -0.1) is 0 Å². The molecule has 7 aromatic carbocycles. The number of hydrogen-bond acceptors (Lipinski definition) is 2. The van der Waals surface area contributed by atoms with Crippen LogP contribution in [0, 0.1) is 13.5 Å². The fraction of sp³-hybridized carbons (Fsp3) is 0.226. The Balaban J connectivity index is 1.05. The molecular formula is C62H61N4O+. The van der Waals surface area contributed by atoms with Crippen molar-refractivity contribution in [2.24, 2.45) is 0 Å². The Morgan fingerprint density at radius 3 is 1.94 bits per heavy atom. The van der Waals surface area contributed by atoms with Gasteiger partial charge in [-0.3, -0.25) is 13.5 Å². The van der Waals surface area contributed by atoms with E-state index < -0.39 is 6.85 Å². The zero-order valence-corrected chi connectivity index (χ0v) is 40.1. The minimum Gasteiger partial charge on any atom is -0.457 e. The molecule has 0 aliphatic carbocycles. The van der Waals surface area contributed by atoms with E-state index in [0.717, 1.165) is 45.5 Å². The van der Waals surface area contributed by atoms with E-state index in [1.54, 1.807) is 12.3 Å². The lowest BCUT2D eigenvalue weighted by atomic mass is 9.80. The Labute approximate surface area is 401 Å². The number of fused-ring (bicyclic) bond motifs is 3. The maximum atomic E-state index is 8.57. The number of para-hydroxylation sites is 2. The summed E-state index contributed by atoms with van der Waals surface area (Å²) in [7, 11) is 0. The molecule has 334 valence electrons. The van der Waals surface area contributed by atoms with Gasteiger partial charge in [-0.2, -0.15) is 0 Å². The molecule has 3 aliphatic heterocycles. The summed E-state index contributed by atoms with van der Waals surface area (Å²) in [6.45, 7) is 21.7. The molecule has 2 bridgehead atoms. The number of benzene rings is 7. The van der Waals surface area contributed by atoms with Gasteiger partial charge in [0.25, 0.3) is 0 Å². The second-order valence-electron chi connectivity index (χ2n) is 21.8. The quantitative estimate of drug-likeness (QED) is 0.118. The van der Waals surface area contributed by atoms with Crippen LogP contribution in [0.25, 0.3) is 49.9 Å². The smallest absolute Gasteiger partial charge is 0.188 e. The van der Waals surface area contributed by atoms with Crippen molar-refractivity contribution in [2.45, 2.75) is 85.4 Å². The highest BCUT2D eigenvalue weighted by atomic mass is 16.5. The van der Waals surface area contributed by atoms with Gasteiger partial charge in [-0.1, -0.05) is 153 Å². The highest BCUT2D eigenvalue weighted by Crippen LogP contribution is 2.68. The fourth-order valence-corrected chi connectivity index (χ4v) is 10.5. The monoisotopic (exact) mass is 881 g/mol. The number of ether oxygens (including phenoxy) is 1. The molecule has 5 nitrogen and oxygen atoms in total. The largest absolute Gasteiger partial charge is 0.457 e. The predicted octanol–water partition coefficient (Wildman–Crippen LogP) is 16.9. The number of pyridine rings is 1. The van der Waals surface area contributed by atoms with Crippen molar-refractivity contribution in [1.29, 1.82) is 0 Å². The third-order valence-electron chi connectivity index (χ3n) is 14.2. The number of nitrogens with zero attached hydrogens (tertiary/aromatic N) is 4. The van der Waals surface area contributed by atoms with Crippen LogP contribution < -0.4 is 13.7 Å². The van der Waals surface area contributed by atoms with E-state index in [9.17, 15) is 0 Å². The van der Waals surface area contributed by atoms with Gasteiger partial charge in [0.2, 0.25) is 0 Å². The first-order valence-corrected chi connectivity index (χ1v) is 23.6. The summed E-state index contributed by atoms with van der Waals surface area (Å²) in [5.74, 6) is 1.94. The van der Waals surface area contributed by atoms with Gasteiger partial charge >= 0.3 is 0 Å². The second-order valence-corrected chi connectivity index (χ2v) is 21.8. The number of aromatic nitrogens is 2. The van der Waals surface area contributed by atoms with Crippen LogP contribution in [-0.4, -0.2) is 16.2 Å². The zero-order valence-electron chi connectivity index (χ0n) is 43.1. The molecule has 5 heteroatoms. The Kier molecular flexibility index (Phi) is 8.88. The van der Waals surface area contributed by atoms with Crippen molar-refractivity contribution in [2.75, 3.05) is 6.67 Å². The molecule has 9 aromatic rings. The molecule has 1 fully saturated rings. The third kappa shape index (κ3) is 6.93. The minimum absolute atomic E-state index is 0.00295. The van der Waals surface area contributed by atoms with Gasteiger partial charge in [0.1, 0.15) is 28.7 Å². The Morgan fingerprint density at radius 1 is 0.552 bits per heavy atom. The fourth-order valence-electron chi connectivity index (χ4n) is 10.5. The highest BCUT2D eigenvalue weighted by Gasteiger charge is 2.64. The molecule has 1 saturated heterocycles. The molecule has 0 radical (unpaired) electrons. The molecule has 67 heavy (non-hydrogen) atoms. The topological polar surface area (TPSA) is 27.1 Å². The molecule has 0 unspecified atom stereocenters. The molecule has 0 N–H and O–H groups in total. The molecular weight excluding hydrogens is 817 g/mol. The van der Waals surface area contributed by atoms with Crippen LogP contribution in [-0.2, 0) is 16.2 Å². The molecule has 0 spiro atoms. The molecule has 12 rings (SSSR count). The standard InChI is InChI=1S/C62H61N4O/c1-41-31-32-63-59(57(41)42-19-12-11-13-20-42)64-54-27-15-14-25-52(54)53-30-29-50(38-55(53)64)67-49-24-17-23-47(37-49)65-39-66(40-65,48-35-45(61(5,6)7)34-46(36-48)62(8,9)10)58-51(26-18-28-56(58)65)43-21-16-22-44(33-43)60(2,3)4/h11-39H,40H2,1-10H3/q+1/t65-,66+/m1/s1/i1D3. The Bertz CT molecular complexity index is 3490. The van der Waals surface area contributed by atoms with E-state index in [1.807, 2.05) is 54.6 Å². The maximum Gasteiger partial charge on any atom is 0.188 e. The SMILES string of the molecule is [2H]C([2H])([2H])c1ccnc(-n2c3ccccc3c3ccc(Oc4cccc([N@@+]56[CH-][N@@+](c7cc(C(C)(C)C)cc(C(C)(C)C)c7)(C5)c5c(-c7cccc(C(C)(C)C)c7)cccc56)c4)cc32)c1-c1ccccc1. The zero-order chi connectivity index (χ0) is 49.2. The Hall–Kier alpha value is -6.79. The Morgan fingerprint density at radius 2 is 1.21 bits per heavy atom. The van der Waals surface area contributed by atoms with Gasteiger partial charge in [0.15, 0.2) is 18.0 Å². The highest BCUT2D eigenvalue weighted by molar-refractivity contribution is 6.10. The van der Waals surface area contributed by atoms with Gasteiger partial charge < -0.3 is 4.74 Å². The number of aryl methyl sites for hydroxylation is 1. The molecule has 2 aromatic heterocycles. The van der Waals surface area contributed by atoms with Crippen molar-refractivity contribution >= 4 is 44.6 Å². The number of hydrogen-bond donors (Lipinski definition) is 0. The van der Waals surface area contributed by atoms with Crippen LogP contribution >= 0.6 is 0 Å². The minimum atomic E-state index is -2.36. The van der Waals surface area contributed by atoms with E-state index >= 15 is 0 Å². The lowest BCUT2D eigenvalue weighted by Crippen LogP contribution is -2.67. The van der Waals surface area contributed by atoms with Crippen LogP contribution in [0.3, 0.4) is 0 Å². The summed E-state index contributed by atoms with van der Waals surface area (Å²) < 4.78 is 35.9. The van der Waals surface area contributed by atoms with Gasteiger partial charge in [0.05, 0.1) is 17.7 Å². The summed E-state index contributed by atoms with van der Waals surface area (Å²) in [4.78, 5) is 4.94. The van der Waals surface area contributed by atoms with Crippen LogP contribution in [0.4, 0.5) is 22.7 Å². The maximum absolute atomic E-state index is 8.57. The van der Waals surface area contributed by atoms with Crippen molar-refractivity contribution < 1.29 is 8.85 Å². The molecule has 3 aliphatic rings. The predicted molar refractivity (Wildman–Crippen MR) is 282 cm³/mol. The molecule has 2 atom stereocenters. The normalized spacial score (nSPS) is 18.9. The van der Waals surface area contributed by atoms with Crippen LogP contribution in [0.2, 0.25) is 0 Å². The van der Waals surface area contributed by atoms with Crippen LogP contribution in [0.15, 0.2) is 170 Å². The summed E-state index contributed by atoms with van der Waals surface area (Å²) in [6, 6.07) is 57.7. The number of rotatable bonds is 7. The van der Waals surface area contributed by atoms with Crippen molar-refractivity contribution in [3.63, 3.8) is 0 Å². The lowest BCUT2D eigenvalue weighted by Gasteiger charge is -2.56. The van der Waals surface area contributed by atoms with Gasteiger partial charge in [-0.05, 0) is 98.9 Å². The molecule has 0 amide bonds. The first-order valence-electron chi connectivity index (χ1n) is 25.1. The average molecular weight is 881 g/mol. The summed E-state index contributed by atoms with van der Waals surface area (Å²) in [5.41, 5.74) is 14.8. The van der Waals surface area contributed by atoms with E-state index in [-0.39, 0.29) is 21.8 Å². The first kappa shape index (κ1) is 39.4. The summed E-state index contributed by atoms with van der Waals surface area (Å²) in [5, 5.41) is 2.05. The molecule has 5 heterocycles. The molecule has 0 saturated carbocycles. The first-order chi connectivity index (χ1) is 33.2. The van der Waals surface area contributed by atoms with E-state index in [2.05, 4.69) is 177 Å². The third-order valence-corrected chi connectivity index (χ3v) is 14.2. The van der Waals surface area contributed by atoms with Crippen molar-refractivity contribution in [1.82, 2.24) is 18.5 Å². The van der Waals surface area contributed by atoms with Crippen molar-refractivity contribution in [3.8, 4) is 39.6 Å². The summed E-state index contributed by atoms with van der Waals surface area (Å²) in [6.07, 6.45) is 1.61. The van der Waals surface area contributed by atoms with E-state index in [1.165, 1.54) is 44.9 Å². The second kappa shape index (κ2) is 15.1. The van der Waals surface area contributed by atoms with E-state index in [4.69, 9.17) is 13.8 Å². The lowest BCUT2D eigenvalue weighted by molar-refractivity contribution is 0.187. The number of quaternary nitrogens is 2. The van der Waals surface area contributed by atoms with Gasteiger partial charge in [0, 0.05) is 62.5 Å².